The fraction of sp³-hybridized carbons (Fsp3) is 0.269. The Balaban J connectivity index is 1.82. The smallest absolute Gasteiger partial charge is 0.338 e. The summed E-state index contributed by atoms with van der Waals surface area (Å²) in [6.07, 6.45) is 1.89. The molecule has 0 N–H and O–H groups in total. The molecule has 0 amide bonds. The molecule has 5 nitrogen and oxygen atoms in total. The zero-order chi connectivity index (χ0) is 21.7. The summed E-state index contributed by atoms with van der Waals surface area (Å²) in [5.41, 5.74) is 2.05. The Morgan fingerprint density at radius 3 is 2.13 bits per heavy atom. The minimum Gasteiger partial charge on any atom is -0.490 e. The minimum absolute atomic E-state index is 0.289. The van der Waals surface area contributed by atoms with Crippen LogP contribution in [0.4, 0.5) is 0 Å². The molecule has 31 heavy (non-hydrogen) atoms. The molecule has 0 saturated carbocycles. The average Bonchev–Trinajstić information content (AvgIpc) is 3.22. The van der Waals surface area contributed by atoms with Crippen molar-refractivity contribution in [3.05, 3.63) is 89.5 Å². The van der Waals surface area contributed by atoms with Crippen LogP contribution in [0.25, 0.3) is 0 Å². The molecule has 0 atom stereocenters. The Hall–Kier alpha value is -3.47. The molecule has 0 bridgehead atoms. The lowest BCUT2D eigenvalue weighted by Gasteiger charge is -2.28. The Labute approximate surface area is 182 Å². The number of rotatable bonds is 8. The maximum atomic E-state index is 12.5. The third-order valence-electron chi connectivity index (χ3n) is 5.09. The van der Waals surface area contributed by atoms with Gasteiger partial charge in [-0.25, -0.2) is 4.79 Å². The number of carbonyl (C=O) groups is 1. The van der Waals surface area contributed by atoms with E-state index in [0.717, 1.165) is 24.0 Å². The summed E-state index contributed by atoms with van der Waals surface area (Å²) in [5, 5.41) is 0. The highest BCUT2D eigenvalue weighted by Gasteiger charge is 2.47. The molecule has 0 radical (unpaired) electrons. The van der Waals surface area contributed by atoms with E-state index in [2.05, 4.69) is 6.92 Å². The largest absolute Gasteiger partial charge is 0.490 e. The van der Waals surface area contributed by atoms with Crippen LogP contribution >= 0.6 is 0 Å². The molecule has 1 aliphatic rings. The van der Waals surface area contributed by atoms with Crippen LogP contribution in [0.15, 0.2) is 72.8 Å². The van der Waals surface area contributed by atoms with E-state index in [0.29, 0.717) is 29.4 Å². The highest BCUT2D eigenvalue weighted by Crippen LogP contribution is 2.52. The van der Waals surface area contributed by atoms with Gasteiger partial charge in [0, 0.05) is 11.1 Å². The van der Waals surface area contributed by atoms with Crippen molar-refractivity contribution in [3.8, 4) is 17.2 Å². The van der Waals surface area contributed by atoms with Crippen molar-refractivity contribution in [1.82, 2.24) is 0 Å². The molecule has 5 heteroatoms. The number of carbonyl (C=O) groups excluding carboxylic acids is 1. The molecular weight excluding hydrogens is 392 g/mol. The molecule has 160 valence electrons. The number of benzene rings is 3. The fourth-order valence-electron chi connectivity index (χ4n) is 3.56. The Bertz CT molecular complexity index is 991. The maximum Gasteiger partial charge on any atom is 0.338 e. The molecule has 0 aromatic heterocycles. The van der Waals surface area contributed by atoms with Crippen molar-refractivity contribution in [2.75, 3.05) is 13.2 Å². The van der Waals surface area contributed by atoms with Gasteiger partial charge < -0.3 is 18.9 Å². The van der Waals surface area contributed by atoms with Gasteiger partial charge in [0.15, 0.2) is 11.5 Å². The van der Waals surface area contributed by atoms with Gasteiger partial charge in [-0.2, -0.15) is 0 Å². The first-order chi connectivity index (χ1) is 15.2. The molecule has 4 rings (SSSR count). The molecule has 1 heterocycles. The molecule has 0 fully saturated rings. The minimum atomic E-state index is -1.18. The van der Waals surface area contributed by atoms with Crippen LogP contribution in [0.2, 0.25) is 0 Å². The highest BCUT2D eigenvalue weighted by atomic mass is 16.7. The van der Waals surface area contributed by atoms with Crippen molar-refractivity contribution >= 4 is 5.97 Å². The monoisotopic (exact) mass is 418 g/mol. The lowest BCUT2D eigenvalue weighted by molar-refractivity contribution is -0.0468. The summed E-state index contributed by atoms with van der Waals surface area (Å²) in [5.74, 6) is -0.198. The van der Waals surface area contributed by atoms with Gasteiger partial charge in [0.05, 0.1) is 18.8 Å². The normalized spacial score (nSPS) is 13.6. The van der Waals surface area contributed by atoms with Crippen molar-refractivity contribution < 1.29 is 23.7 Å². The lowest BCUT2D eigenvalue weighted by Crippen LogP contribution is -2.36. The second-order valence-electron chi connectivity index (χ2n) is 7.28. The van der Waals surface area contributed by atoms with Gasteiger partial charge in [-0.15, -0.1) is 0 Å². The predicted octanol–water partition coefficient (Wildman–Crippen LogP) is 5.71. The van der Waals surface area contributed by atoms with E-state index in [9.17, 15) is 4.79 Å². The van der Waals surface area contributed by atoms with E-state index in [4.69, 9.17) is 18.9 Å². The van der Waals surface area contributed by atoms with Gasteiger partial charge in [0.1, 0.15) is 0 Å². The predicted molar refractivity (Wildman–Crippen MR) is 118 cm³/mol. The Morgan fingerprint density at radius 2 is 1.55 bits per heavy atom. The Kier molecular flexibility index (Phi) is 6.12. The molecule has 3 aromatic carbocycles. The molecule has 0 unspecified atom stereocenters. The van der Waals surface area contributed by atoms with Gasteiger partial charge in [0.2, 0.25) is 5.75 Å². The summed E-state index contributed by atoms with van der Waals surface area (Å²) in [6.45, 7) is 4.68. The second-order valence-corrected chi connectivity index (χ2v) is 7.28. The summed E-state index contributed by atoms with van der Waals surface area (Å²) in [7, 11) is 0. The number of esters is 1. The number of unbranched alkanes of at least 4 members (excludes halogenated alkanes) is 1. The van der Waals surface area contributed by atoms with Crippen LogP contribution in [0.5, 0.6) is 17.2 Å². The van der Waals surface area contributed by atoms with Gasteiger partial charge in [-0.05, 0) is 25.5 Å². The van der Waals surface area contributed by atoms with Crippen LogP contribution in [-0.4, -0.2) is 19.2 Å². The van der Waals surface area contributed by atoms with Crippen molar-refractivity contribution in [1.29, 1.82) is 0 Å². The quantitative estimate of drug-likeness (QED) is 0.346. The van der Waals surface area contributed by atoms with Crippen LogP contribution < -0.4 is 14.2 Å². The van der Waals surface area contributed by atoms with Gasteiger partial charge in [0.25, 0.3) is 0 Å². The number of hydrogen-bond donors (Lipinski definition) is 0. The zero-order valence-corrected chi connectivity index (χ0v) is 17.8. The molecule has 0 spiro atoms. The first kappa shape index (κ1) is 20.8. The molecular formula is C26H26O5. The van der Waals surface area contributed by atoms with Crippen LogP contribution in [-0.2, 0) is 10.5 Å². The second kappa shape index (κ2) is 9.13. The number of fused-ring (bicyclic) bond motifs is 1. The van der Waals surface area contributed by atoms with E-state index < -0.39 is 11.8 Å². The molecule has 0 aliphatic carbocycles. The van der Waals surface area contributed by atoms with Crippen molar-refractivity contribution in [2.24, 2.45) is 0 Å². The third-order valence-corrected chi connectivity index (χ3v) is 5.09. The van der Waals surface area contributed by atoms with Gasteiger partial charge in [-0.1, -0.05) is 74.0 Å². The first-order valence-electron chi connectivity index (χ1n) is 10.6. The van der Waals surface area contributed by atoms with Gasteiger partial charge in [-0.3, -0.25) is 0 Å². The van der Waals surface area contributed by atoms with Crippen LogP contribution in [0.1, 0.15) is 48.2 Å². The SMILES string of the molecule is CCCCOc1cc(C(=O)OCC)cc2c1OC(c1ccccc1)(c1ccccc1)O2. The lowest BCUT2D eigenvalue weighted by atomic mass is 9.97. The summed E-state index contributed by atoms with van der Waals surface area (Å²) in [6, 6.07) is 22.8. The Morgan fingerprint density at radius 1 is 0.903 bits per heavy atom. The van der Waals surface area contributed by atoms with E-state index in [-0.39, 0.29) is 6.61 Å². The van der Waals surface area contributed by atoms with E-state index in [1.807, 2.05) is 60.7 Å². The zero-order valence-electron chi connectivity index (χ0n) is 17.8. The first-order valence-corrected chi connectivity index (χ1v) is 10.6. The topological polar surface area (TPSA) is 54.0 Å². The van der Waals surface area contributed by atoms with Crippen LogP contribution in [0, 0.1) is 0 Å². The van der Waals surface area contributed by atoms with E-state index >= 15 is 0 Å². The fourth-order valence-corrected chi connectivity index (χ4v) is 3.56. The van der Waals surface area contributed by atoms with Crippen LogP contribution in [0.3, 0.4) is 0 Å². The van der Waals surface area contributed by atoms with E-state index in [1.165, 1.54) is 0 Å². The molecule has 1 aliphatic heterocycles. The number of ether oxygens (including phenoxy) is 4. The molecule has 0 saturated heterocycles. The summed E-state index contributed by atoms with van der Waals surface area (Å²) in [4.78, 5) is 12.5. The van der Waals surface area contributed by atoms with Gasteiger partial charge >= 0.3 is 11.8 Å². The number of hydrogen-bond acceptors (Lipinski definition) is 5. The van der Waals surface area contributed by atoms with Crippen molar-refractivity contribution in [2.45, 2.75) is 32.5 Å². The van der Waals surface area contributed by atoms with E-state index in [1.54, 1.807) is 19.1 Å². The summed E-state index contributed by atoms with van der Waals surface area (Å²) >= 11 is 0. The maximum absolute atomic E-state index is 12.5. The van der Waals surface area contributed by atoms with Crippen molar-refractivity contribution in [3.63, 3.8) is 0 Å². The third kappa shape index (κ3) is 4.08. The average molecular weight is 418 g/mol. The highest BCUT2D eigenvalue weighted by molar-refractivity contribution is 5.91. The summed E-state index contributed by atoms with van der Waals surface area (Å²) < 4.78 is 24.2. The molecule has 3 aromatic rings. The standard InChI is InChI=1S/C26H26O5/c1-3-5-16-29-22-17-19(25(27)28-4-2)18-23-24(22)31-26(30-23,20-12-8-6-9-13-20)21-14-10-7-11-15-21/h6-15,17-18H,3-5,16H2,1-2H3.